The predicted octanol–water partition coefficient (Wildman–Crippen LogP) is 1.56. The van der Waals surface area contributed by atoms with E-state index in [2.05, 4.69) is 16.0 Å². The van der Waals surface area contributed by atoms with Gasteiger partial charge in [-0.25, -0.2) is 18.4 Å². The van der Waals surface area contributed by atoms with Crippen molar-refractivity contribution in [2.24, 2.45) is 5.14 Å². The van der Waals surface area contributed by atoms with Gasteiger partial charge in [0.2, 0.25) is 15.9 Å². The van der Waals surface area contributed by atoms with Crippen LogP contribution in [0.3, 0.4) is 0 Å². The zero-order chi connectivity index (χ0) is 20.3. The standard InChI is InChI=1S/C18H26N4O4S2/c1-2-11-7-8-12(9-15(11)28(19,25)26)20-16(23)6-4-3-5-14-17-13(10-27-14)21-18(24)22-17/h7-9,13-14,17H,2-6,10H2,1H3,(H,20,23)(H2,19,25,26)(H2,21,22,24)/t13-,14-,17-/m0/s1. The number of carbonyl (C=O) groups excluding carboxylic acids is 2. The molecule has 2 fully saturated rings. The number of hydrogen-bond donors (Lipinski definition) is 4. The molecule has 2 aliphatic rings. The summed E-state index contributed by atoms with van der Waals surface area (Å²) < 4.78 is 23.4. The first-order chi connectivity index (χ1) is 13.3. The van der Waals surface area contributed by atoms with Crippen molar-refractivity contribution in [2.75, 3.05) is 11.1 Å². The number of nitrogens with one attached hydrogen (secondary N) is 3. The van der Waals surface area contributed by atoms with Gasteiger partial charge in [-0.1, -0.05) is 19.4 Å². The number of amides is 3. The first-order valence-electron chi connectivity index (χ1n) is 9.42. The summed E-state index contributed by atoms with van der Waals surface area (Å²) in [5.41, 5.74) is 1.06. The lowest BCUT2D eigenvalue weighted by Gasteiger charge is -2.16. The SMILES string of the molecule is CCc1ccc(NC(=O)CCCC[C@@H]2SC[C@@H]3NC(=O)N[C@@H]32)cc1S(N)(=O)=O. The molecule has 2 heterocycles. The number of urea groups is 1. The quantitative estimate of drug-likeness (QED) is 0.370. The zero-order valence-electron chi connectivity index (χ0n) is 15.7. The second-order valence-corrected chi connectivity index (χ2v) is 9.94. The van der Waals surface area contributed by atoms with Crippen LogP contribution in [0.1, 0.15) is 38.2 Å². The first-order valence-corrected chi connectivity index (χ1v) is 12.0. The number of fused-ring (bicyclic) bond motifs is 1. The summed E-state index contributed by atoms with van der Waals surface area (Å²) >= 11 is 1.86. The molecule has 8 nitrogen and oxygen atoms in total. The molecule has 0 spiro atoms. The highest BCUT2D eigenvalue weighted by molar-refractivity contribution is 8.00. The molecule has 10 heteroatoms. The largest absolute Gasteiger partial charge is 0.332 e. The maximum atomic E-state index is 12.2. The average molecular weight is 427 g/mol. The number of aryl methyl sites for hydroxylation is 1. The van der Waals surface area contributed by atoms with Gasteiger partial charge in [0.1, 0.15) is 0 Å². The fourth-order valence-corrected chi connectivity index (χ4v) is 6.10. The zero-order valence-corrected chi connectivity index (χ0v) is 17.4. The summed E-state index contributed by atoms with van der Waals surface area (Å²) in [6.07, 6.45) is 3.47. The van der Waals surface area contributed by atoms with Crippen molar-refractivity contribution in [1.82, 2.24) is 10.6 Å². The summed E-state index contributed by atoms with van der Waals surface area (Å²) in [4.78, 5) is 23.6. The number of thioether (sulfide) groups is 1. The van der Waals surface area contributed by atoms with Gasteiger partial charge in [-0.2, -0.15) is 11.8 Å². The lowest BCUT2D eigenvalue weighted by Crippen LogP contribution is -2.36. The van der Waals surface area contributed by atoms with Crippen molar-refractivity contribution in [1.29, 1.82) is 0 Å². The molecule has 1 aromatic carbocycles. The fraction of sp³-hybridized carbons (Fsp3) is 0.556. The van der Waals surface area contributed by atoms with Crippen LogP contribution in [-0.4, -0.2) is 43.4 Å². The van der Waals surface area contributed by atoms with E-state index in [1.165, 1.54) is 6.07 Å². The molecular formula is C18H26N4O4S2. The van der Waals surface area contributed by atoms with Crippen molar-refractivity contribution in [3.63, 3.8) is 0 Å². The Morgan fingerprint density at radius 3 is 2.82 bits per heavy atom. The Labute approximate surface area is 169 Å². The lowest BCUT2D eigenvalue weighted by molar-refractivity contribution is -0.116. The van der Waals surface area contributed by atoms with E-state index < -0.39 is 10.0 Å². The third kappa shape index (κ3) is 4.98. The number of anilines is 1. The van der Waals surface area contributed by atoms with Crippen LogP contribution < -0.4 is 21.1 Å². The van der Waals surface area contributed by atoms with Crippen LogP contribution in [-0.2, 0) is 21.2 Å². The second kappa shape index (κ2) is 8.71. The van der Waals surface area contributed by atoms with Crippen LogP contribution in [0.2, 0.25) is 0 Å². The van der Waals surface area contributed by atoms with Crippen molar-refractivity contribution in [3.05, 3.63) is 23.8 Å². The average Bonchev–Trinajstić information content (AvgIpc) is 3.17. The number of benzene rings is 1. The number of carbonyl (C=O) groups is 2. The van der Waals surface area contributed by atoms with E-state index in [4.69, 9.17) is 5.14 Å². The Hall–Kier alpha value is -1.78. The minimum Gasteiger partial charge on any atom is -0.332 e. The molecule has 3 rings (SSSR count). The number of primary sulfonamides is 1. The molecule has 0 unspecified atom stereocenters. The van der Waals surface area contributed by atoms with Crippen molar-refractivity contribution in [3.8, 4) is 0 Å². The third-order valence-corrected chi connectivity index (χ3v) is 7.62. The summed E-state index contributed by atoms with van der Waals surface area (Å²) in [5, 5.41) is 14.3. The molecule has 1 aromatic rings. The molecule has 0 aliphatic carbocycles. The molecule has 5 N–H and O–H groups in total. The van der Waals surface area contributed by atoms with E-state index >= 15 is 0 Å². The molecule has 3 amide bonds. The number of sulfonamides is 1. The molecule has 28 heavy (non-hydrogen) atoms. The minimum atomic E-state index is -3.83. The maximum Gasteiger partial charge on any atom is 0.315 e. The van der Waals surface area contributed by atoms with Crippen LogP contribution in [0.15, 0.2) is 23.1 Å². The Bertz CT molecular complexity index is 859. The Balaban J connectivity index is 1.45. The minimum absolute atomic E-state index is 0.0489. The summed E-state index contributed by atoms with van der Waals surface area (Å²) in [5.74, 6) is 0.770. The normalized spacial score (nSPS) is 23.8. The highest BCUT2D eigenvalue weighted by Crippen LogP contribution is 2.33. The molecule has 2 saturated heterocycles. The first kappa shape index (κ1) is 20.9. The van der Waals surface area contributed by atoms with E-state index in [1.807, 2.05) is 18.7 Å². The smallest absolute Gasteiger partial charge is 0.315 e. The third-order valence-electron chi connectivity index (χ3n) is 5.12. The topological polar surface area (TPSA) is 130 Å². The van der Waals surface area contributed by atoms with E-state index in [0.29, 0.717) is 29.3 Å². The van der Waals surface area contributed by atoms with Crippen LogP contribution in [0.5, 0.6) is 0 Å². The summed E-state index contributed by atoms with van der Waals surface area (Å²) in [7, 11) is -3.83. The molecule has 3 atom stereocenters. The molecule has 0 bridgehead atoms. The molecule has 154 valence electrons. The Morgan fingerprint density at radius 1 is 1.32 bits per heavy atom. The number of rotatable bonds is 8. The highest BCUT2D eigenvalue weighted by atomic mass is 32.2. The van der Waals surface area contributed by atoms with Crippen LogP contribution in [0.25, 0.3) is 0 Å². The van der Waals surface area contributed by atoms with Crippen LogP contribution in [0, 0.1) is 0 Å². The van der Waals surface area contributed by atoms with Gasteiger partial charge in [0.05, 0.1) is 17.0 Å². The van der Waals surface area contributed by atoms with E-state index in [1.54, 1.807) is 12.1 Å². The van der Waals surface area contributed by atoms with Crippen molar-refractivity contribution < 1.29 is 18.0 Å². The van der Waals surface area contributed by atoms with Crippen LogP contribution >= 0.6 is 11.8 Å². The number of unbranched alkanes of at least 4 members (excludes halogenated alkanes) is 1. The van der Waals surface area contributed by atoms with E-state index in [0.717, 1.165) is 25.0 Å². The second-order valence-electron chi connectivity index (χ2n) is 7.14. The van der Waals surface area contributed by atoms with Gasteiger partial charge in [0.25, 0.3) is 0 Å². The predicted molar refractivity (Wildman–Crippen MR) is 110 cm³/mol. The van der Waals surface area contributed by atoms with Crippen molar-refractivity contribution >= 4 is 39.4 Å². The molecule has 0 aromatic heterocycles. The van der Waals surface area contributed by atoms with E-state index in [-0.39, 0.29) is 28.9 Å². The molecular weight excluding hydrogens is 400 g/mol. The van der Waals surface area contributed by atoms with Crippen LogP contribution in [0.4, 0.5) is 10.5 Å². The Kier molecular flexibility index (Phi) is 6.51. The van der Waals surface area contributed by atoms with Gasteiger partial charge in [0, 0.05) is 23.1 Å². The van der Waals surface area contributed by atoms with Gasteiger partial charge < -0.3 is 16.0 Å². The maximum absolute atomic E-state index is 12.2. The molecule has 0 saturated carbocycles. The van der Waals surface area contributed by atoms with Gasteiger partial charge in [-0.15, -0.1) is 0 Å². The van der Waals surface area contributed by atoms with Gasteiger partial charge in [-0.3, -0.25) is 4.79 Å². The number of nitrogens with two attached hydrogens (primary N) is 1. The highest BCUT2D eigenvalue weighted by Gasteiger charge is 2.42. The summed E-state index contributed by atoms with van der Waals surface area (Å²) in [6, 6.07) is 5.08. The molecule has 2 aliphatic heterocycles. The summed E-state index contributed by atoms with van der Waals surface area (Å²) in [6.45, 7) is 1.85. The van der Waals surface area contributed by atoms with Gasteiger partial charge in [0.15, 0.2) is 0 Å². The van der Waals surface area contributed by atoms with Gasteiger partial charge in [-0.05, 0) is 37.0 Å². The molecule has 0 radical (unpaired) electrons. The van der Waals surface area contributed by atoms with Gasteiger partial charge >= 0.3 is 6.03 Å². The van der Waals surface area contributed by atoms with Crippen molar-refractivity contribution in [2.45, 2.75) is 61.3 Å². The lowest BCUT2D eigenvalue weighted by atomic mass is 10.0. The number of hydrogen-bond acceptors (Lipinski definition) is 5. The monoisotopic (exact) mass is 426 g/mol. The Morgan fingerprint density at radius 2 is 2.11 bits per heavy atom. The fourth-order valence-electron chi connectivity index (χ4n) is 3.69. The van der Waals surface area contributed by atoms with E-state index in [9.17, 15) is 18.0 Å².